The summed E-state index contributed by atoms with van der Waals surface area (Å²) in [4.78, 5) is 10.7. The Morgan fingerprint density at radius 3 is 2.47 bits per heavy atom. The molecule has 0 aliphatic carbocycles. The van der Waals surface area contributed by atoms with E-state index in [9.17, 15) is 9.36 Å². The molecule has 80 valence electrons. The predicted octanol–water partition coefficient (Wildman–Crippen LogP) is 1.57. The summed E-state index contributed by atoms with van der Waals surface area (Å²) in [5.74, 6) is -1.03. The van der Waals surface area contributed by atoms with Gasteiger partial charge in [0.25, 0.3) is 0 Å². The molecule has 6 heteroatoms. The Bertz CT molecular complexity index is 377. The van der Waals surface area contributed by atoms with E-state index in [4.69, 9.17) is 15.4 Å². The van der Waals surface area contributed by atoms with E-state index in [1.54, 1.807) is 30.3 Å². The van der Waals surface area contributed by atoms with E-state index in [0.29, 0.717) is 5.75 Å². The highest BCUT2D eigenvalue weighted by Gasteiger charge is 2.52. The Balaban J connectivity index is 2.77. The zero-order valence-corrected chi connectivity index (χ0v) is 8.98. The number of nitrogens with two attached hydrogens (primary N) is 1. The first kappa shape index (κ1) is 11.6. The number of carboxylic acids is 1. The molecule has 0 aliphatic heterocycles. The van der Waals surface area contributed by atoms with Gasteiger partial charge in [-0.1, -0.05) is 18.2 Å². The molecule has 3 N–H and O–H groups in total. The Morgan fingerprint density at radius 2 is 2.00 bits per heavy atom. The van der Waals surface area contributed by atoms with Gasteiger partial charge in [-0.2, -0.15) is 0 Å². The SMILES string of the molecule is CC(N)(C(=O)O)[P+](=O)Oc1ccccc1. The lowest BCUT2D eigenvalue weighted by Gasteiger charge is -2.05. The highest BCUT2D eigenvalue weighted by molar-refractivity contribution is 7.42. The van der Waals surface area contributed by atoms with Crippen LogP contribution in [0.3, 0.4) is 0 Å². The van der Waals surface area contributed by atoms with Gasteiger partial charge in [0.2, 0.25) is 0 Å². The van der Waals surface area contributed by atoms with Crippen molar-refractivity contribution >= 4 is 14.0 Å². The first-order chi connectivity index (χ1) is 6.94. The molecule has 15 heavy (non-hydrogen) atoms. The van der Waals surface area contributed by atoms with Gasteiger partial charge < -0.3 is 5.11 Å². The molecule has 2 atom stereocenters. The standard InChI is InChI=1S/C9H10NO4P/c1-9(10,8(11)12)15(13)14-7-5-3-2-4-6-7/h2-6H,10H2,1H3/p+1. The van der Waals surface area contributed by atoms with Crippen molar-refractivity contribution in [2.24, 2.45) is 5.73 Å². The average Bonchev–Trinajstić information content (AvgIpc) is 2.18. The maximum absolute atomic E-state index is 11.5. The van der Waals surface area contributed by atoms with E-state index in [1.165, 1.54) is 0 Å². The van der Waals surface area contributed by atoms with E-state index >= 15 is 0 Å². The second kappa shape index (κ2) is 4.38. The van der Waals surface area contributed by atoms with Crippen molar-refractivity contribution in [3.63, 3.8) is 0 Å². The van der Waals surface area contributed by atoms with Crippen molar-refractivity contribution in [3.8, 4) is 5.75 Å². The van der Waals surface area contributed by atoms with Gasteiger partial charge in [-0.3, -0.25) is 10.3 Å². The first-order valence-electron chi connectivity index (χ1n) is 4.17. The summed E-state index contributed by atoms with van der Waals surface area (Å²) < 4.78 is 16.4. The zero-order chi connectivity index (χ0) is 11.5. The molecular weight excluding hydrogens is 217 g/mol. The van der Waals surface area contributed by atoms with Gasteiger partial charge in [0.15, 0.2) is 5.75 Å². The topological polar surface area (TPSA) is 89.6 Å². The van der Waals surface area contributed by atoms with Crippen LogP contribution in [0.15, 0.2) is 30.3 Å². The van der Waals surface area contributed by atoms with Gasteiger partial charge in [-0.25, -0.2) is 4.79 Å². The van der Waals surface area contributed by atoms with Crippen LogP contribution in [-0.4, -0.2) is 16.4 Å². The number of carboxylic acid groups (broad SMARTS) is 1. The average molecular weight is 228 g/mol. The molecular formula is C9H11NO4P+. The van der Waals surface area contributed by atoms with Gasteiger partial charge in [0.05, 0.1) is 0 Å². The molecule has 1 rings (SSSR count). The molecule has 1 aromatic carbocycles. The smallest absolute Gasteiger partial charge is 0.476 e. The molecule has 0 fully saturated rings. The summed E-state index contributed by atoms with van der Waals surface area (Å²) in [6, 6.07) is 8.29. The molecule has 0 amide bonds. The van der Waals surface area contributed by atoms with E-state index < -0.39 is 19.3 Å². The Morgan fingerprint density at radius 1 is 1.47 bits per heavy atom. The molecule has 0 aromatic heterocycles. The van der Waals surface area contributed by atoms with E-state index in [2.05, 4.69) is 0 Å². The Hall–Kier alpha value is -1.45. The van der Waals surface area contributed by atoms with Crippen LogP contribution in [0.5, 0.6) is 5.75 Å². The molecule has 0 heterocycles. The molecule has 1 aromatic rings. The quantitative estimate of drug-likeness (QED) is 0.763. The number of carbonyl (C=O) groups is 1. The fourth-order valence-electron chi connectivity index (χ4n) is 0.750. The summed E-state index contributed by atoms with van der Waals surface area (Å²) in [6.45, 7) is 1.15. The maximum atomic E-state index is 11.5. The summed E-state index contributed by atoms with van der Waals surface area (Å²) in [5.41, 5.74) is 5.34. The lowest BCUT2D eigenvalue weighted by atomic mass is 10.3. The number of hydrogen-bond donors (Lipinski definition) is 2. The molecule has 0 saturated carbocycles. The van der Waals surface area contributed by atoms with Crippen LogP contribution in [0, 0.1) is 0 Å². The minimum absolute atomic E-state index is 0.330. The summed E-state index contributed by atoms with van der Waals surface area (Å²) in [7, 11) is -2.51. The van der Waals surface area contributed by atoms with Crippen molar-refractivity contribution in [1.29, 1.82) is 0 Å². The zero-order valence-electron chi connectivity index (χ0n) is 8.08. The highest BCUT2D eigenvalue weighted by atomic mass is 31.1. The molecule has 5 nitrogen and oxygen atoms in total. The van der Waals surface area contributed by atoms with Crippen molar-refractivity contribution in [1.82, 2.24) is 0 Å². The summed E-state index contributed by atoms with van der Waals surface area (Å²) >= 11 is 0. The van der Waals surface area contributed by atoms with Crippen LogP contribution < -0.4 is 10.3 Å². The van der Waals surface area contributed by atoms with Gasteiger partial charge in [-0.05, 0) is 16.7 Å². The van der Waals surface area contributed by atoms with Crippen LogP contribution in [0.1, 0.15) is 6.92 Å². The second-order valence-electron chi connectivity index (χ2n) is 3.11. The maximum Gasteiger partial charge on any atom is 0.590 e. The van der Waals surface area contributed by atoms with Gasteiger partial charge in [0.1, 0.15) is 0 Å². The van der Waals surface area contributed by atoms with Gasteiger partial charge in [-0.15, -0.1) is 0 Å². The molecule has 0 spiro atoms. The van der Waals surface area contributed by atoms with E-state index in [-0.39, 0.29) is 0 Å². The molecule has 0 saturated heterocycles. The molecule has 0 radical (unpaired) electrons. The van der Waals surface area contributed by atoms with Crippen LogP contribution in [-0.2, 0) is 9.36 Å². The number of aliphatic carboxylic acids is 1. The van der Waals surface area contributed by atoms with Crippen LogP contribution in [0.25, 0.3) is 0 Å². The van der Waals surface area contributed by atoms with Crippen molar-refractivity contribution in [3.05, 3.63) is 30.3 Å². The fourth-order valence-corrected chi connectivity index (χ4v) is 1.41. The number of benzene rings is 1. The summed E-state index contributed by atoms with van der Waals surface area (Å²) in [6.07, 6.45) is 0. The van der Waals surface area contributed by atoms with Crippen molar-refractivity contribution < 1.29 is 19.0 Å². The van der Waals surface area contributed by atoms with Crippen LogP contribution >= 0.6 is 8.03 Å². The van der Waals surface area contributed by atoms with Crippen molar-refractivity contribution in [2.75, 3.05) is 0 Å². The minimum Gasteiger partial charge on any atom is -0.476 e. The molecule has 0 bridgehead atoms. The Kier molecular flexibility index (Phi) is 3.39. The second-order valence-corrected chi connectivity index (χ2v) is 4.74. The fraction of sp³-hybridized carbons (Fsp3) is 0.222. The summed E-state index contributed by atoms with van der Waals surface area (Å²) in [5, 5.41) is 6.82. The lowest BCUT2D eigenvalue weighted by Crippen LogP contribution is -2.41. The molecule has 2 unspecified atom stereocenters. The number of para-hydroxylation sites is 1. The monoisotopic (exact) mass is 228 g/mol. The van der Waals surface area contributed by atoms with E-state index in [1.807, 2.05) is 0 Å². The van der Waals surface area contributed by atoms with Crippen LogP contribution in [0.2, 0.25) is 0 Å². The van der Waals surface area contributed by atoms with Crippen LogP contribution in [0.4, 0.5) is 0 Å². The highest BCUT2D eigenvalue weighted by Crippen LogP contribution is 2.36. The third kappa shape index (κ3) is 2.75. The third-order valence-electron chi connectivity index (χ3n) is 1.74. The first-order valence-corrected chi connectivity index (χ1v) is 5.35. The minimum atomic E-state index is -2.51. The number of rotatable bonds is 4. The third-order valence-corrected chi connectivity index (χ3v) is 3.07. The van der Waals surface area contributed by atoms with Gasteiger partial charge >= 0.3 is 19.3 Å². The van der Waals surface area contributed by atoms with Crippen molar-refractivity contribution in [2.45, 2.75) is 12.2 Å². The largest absolute Gasteiger partial charge is 0.590 e. The van der Waals surface area contributed by atoms with E-state index in [0.717, 1.165) is 6.92 Å². The Labute approximate surface area is 87.7 Å². The number of hydrogen-bond acceptors (Lipinski definition) is 4. The van der Waals surface area contributed by atoms with Gasteiger partial charge in [0, 0.05) is 6.92 Å². The molecule has 0 aliphatic rings. The lowest BCUT2D eigenvalue weighted by molar-refractivity contribution is -0.139. The normalized spacial score (nSPS) is 15.2. The predicted molar refractivity (Wildman–Crippen MR) is 54.9 cm³/mol.